The Labute approximate surface area is 109 Å². The normalized spacial score (nSPS) is 28.4. The van der Waals surface area contributed by atoms with Crippen molar-refractivity contribution in [1.29, 1.82) is 0 Å². The smallest absolute Gasteiger partial charge is 0.119 e. The summed E-state index contributed by atoms with van der Waals surface area (Å²) in [4.78, 5) is 0. The zero-order chi connectivity index (χ0) is 13.2. The van der Waals surface area contributed by atoms with Gasteiger partial charge in [0.05, 0.1) is 24.4 Å². The van der Waals surface area contributed by atoms with E-state index in [1.165, 1.54) is 0 Å². The molecule has 1 aromatic carbocycles. The minimum atomic E-state index is -0.381. The van der Waals surface area contributed by atoms with Crippen LogP contribution < -0.4 is 4.74 Å². The molecule has 3 nitrogen and oxygen atoms in total. The summed E-state index contributed by atoms with van der Waals surface area (Å²) in [5.41, 5.74) is 0.714. The molecule has 0 aromatic heterocycles. The molecule has 0 bridgehead atoms. The SMILES string of the molecule is CC(C)Oc1ccc(C2(C)CC(O)CCO2)cc1. The molecule has 18 heavy (non-hydrogen) atoms. The summed E-state index contributed by atoms with van der Waals surface area (Å²) in [7, 11) is 0. The Balaban J connectivity index is 2.13. The lowest BCUT2D eigenvalue weighted by atomic mass is 9.87. The maximum Gasteiger partial charge on any atom is 0.119 e. The predicted molar refractivity (Wildman–Crippen MR) is 70.8 cm³/mol. The largest absolute Gasteiger partial charge is 0.491 e. The van der Waals surface area contributed by atoms with Crippen molar-refractivity contribution >= 4 is 0 Å². The predicted octanol–water partition coefficient (Wildman–Crippen LogP) is 2.86. The zero-order valence-electron chi connectivity index (χ0n) is 11.3. The molecular formula is C15H22O3. The summed E-state index contributed by atoms with van der Waals surface area (Å²) < 4.78 is 11.5. The van der Waals surface area contributed by atoms with E-state index in [0.29, 0.717) is 13.0 Å². The van der Waals surface area contributed by atoms with Crippen molar-refractivity contribution in [3.8, 4) is 5.75 Å². The molecule has 3 heteroatoms. The summed E-state index contributed by atoms with van der Waals surface area (Å²) in [5, 5.41) is 9.77. The fourth-order valence-electron chi connectivity index (χ4n) is 2.39. The molecule has 0 radical (unpaired) electrons. The fraction of sp³-hybridized carbons (Fsp3) is 0.600. The first-order valence-electron chi connectivity index (χ1n) is 6.59. The van der Waals surface area contributed by atoms with Gasteiger partial charge in [0, 0.05) is 6.42 Å². The van der Waals surface area contributed by atoms with Crippen molar-refractivity contribution in [2.75, 3.05) is 6.61 Å². The van der Waals surface area contributed by atoms with Crippen molar-refractivity contribution in [2.45, 2.75) is 51.4 Å². The van der Waals surface area contributed by atoms with E-state index in [0.717, 1.165) is 17.7 Å². The van der Waals surface area contributed by atoms with Gasteiger partial charge < -0.3 is 14.6 Å². The Morgan fingerprint density at radius 1 is 1.33 bits per heavy atom. The van der Waals surface area contributed by atoms with Gasteiger partial charge in [-0.15, -0.1) is 0 Å². The monoisotopic (exact) mass is 250 g/mol. The van der Waals surface area contributed by atoms with E-state index in [1.807, 2.05) is 45.0 Å². The molecule has 2 rings (SSSR count). The van der Waals surface area contributed by atoms with Crippen LogP contribution in [-0.4, -0.2) is 23.9 Å². The van der Waals surface area contributed by atoms with Crippen LogP contribution in [0.2, 0.25) is 0 Å². The van der Waals surface area contributed by atoms with Gasteiger partial charge in [0.1, 0.15) is 5.75 Å². The second-order valence-electron chi connectivity index (χ2n) is 5.42. The van der Waals surface area contributed by atoms with Crippen LogP contribution in [0.4, 0.5) is 0 Å². The molecule has 1 N–H and O–H groups in total. The minimum absolute atomic E-state index is 0.180. The first-order chi connectivity index (χ1) is 8.49. The van der Waals surface area contributed by atoms with Crippen LogP contribution in [0.15, 0.2) is 24.3 Å². The third-order valence-corrected chi connectivity index (χ3v) is 3.33. The topological polar surface area (TPSA) is 38.7 Å². The van der Waals surface area contributed by atoms with Gasteiger partial charge in [0.15, 0.2) is 0 Å². The summed E-state index contributed by atoms with van der Waals surface area (Å²) >= 11 is 0. The molecule has 1 saturated heterocycles. The summed E-state index contributed by atoms with van der Waals surface area (Å²) in [6, 6.07) is 7.97. The van der Waals surface area contributed by atoms with Gasteiger partial charge >= 0.3 is 0 Å². The summed E-state index contributed by atoms with van der Waals surface area (Å²) in [6.45, 7) is 6.67. The van der Waals surface area contributed by atoms with Crippen molar-refractivity contribution < 1.29 is 14.6 Å². The lowest BCUT2D eigenvalue weighted by Gasteiger charge is -2.37. The van der Waals surface area contributed by atoms with E-state index < -0.39 is 0 Å². The second-order valence-corrected chi connectivity index (χ2v) is 5.42. The van der Waals surface area contributed by atoms with Crippen molar-refractivity contribution in [3.63, 3.8) is 0 Å². The number of hydrogen-bond acceptors (Lipinski definition) is 3. The quantitative estimate of drug-likeness (QED) is 0.896. The van der Waals surface area contributed by atoms with Crippen LogP contribution in [0.1, 0.15) is 39.2 Å². The second kappa shape index (κ2) is 5.29. The van der Waals surface area contributed by atoms with E-state index in [1.54, 1.807) is 0 Å². The maximum atomic E-state index is 9.77. The van der Waals surface area contributed by atoms with Crippen LogP contribution in [0.25, 0.3) is 0 Å². The highest BCUT2D eigenvalue weighted by Crippen LogP contribution is 2.35. The van der Waals surface area contributed by atoms with Crippen molar-refractivity contribution in [3.05, 3.63) is 29.8 Å². The van der Waals surface area contributed by atoms with E-state index in [2.05, 4.69) is 0 Å². The van der Waals surface area contributed by atoms with Gasteiger partial charge in [0.2, 0.25) is 0 Å². The molecule has 1 aliphatic rings. The molecule has 0 saturated carbocycles. The summed E-state index contributed by atoms with van der Waals surface area (Å²) in [5.74, 6) is 0.869. The molecule has 1 aliphatic heterocycles. The highest BCUT2D eigenvalue weighted by molar-refractivity contribution is 5.31. The van der Waals surface area contributed by atoms with Gasteiger partial charge in [0.25, 0.3) is 0 Å². The molecule has 1 heterocycles. The number of hydrogen-bond donors (Lipinski definition) is 1. The highest BCUT2D eigenvalue weighted by atomic mass is 16.5. The lowest BCUT2D eigenvalue weighted by molar-refractivity contribution is -0.112. The molecule has 1 fully saturated rings. The third-order valence-electron chi connectivity index (χ3n) is 3.33. The maximum absolute atomic E-state index is 9.77. The number of ether oxygens (including phenoxy) is 2. The molecule has 2 unspecified atom stereocenters. The lowest BCUT2D eigenvalue weighted by Crippen LogP contribution is -2.36. The molecule has 2 atom stereocenters. The fourth-order valence-corrected chi connectivity index (χ4v) is 2.39. The van der Waals surface area contributed by atoms with Gasteiger partial charge in [-0.3, -0.25) is 0 Å². The van der Waals surface area contributed by atoms with E-state index in [9.17, 15) is 5.11 Å². The average molecular weight is 250 g/mol. The van der Waals surface area contributed by atoms with Crippen LogP contribution >= 0.6 is 0 Å². The Bertz CT molecular complexity index is 385. The van der Waals surface area contributed by atoms with Gasteiger partial charge in [-0.05, 0) is 44.9 Å². The Hall–Kier alpha value is -1.06. The summed E-state index contributed by atoms with van der Waals surface area (Å²) in [6.07, 6.45) is 1.29. The van der Waals surface area contributed by atoms with Crippen LogP contribution in [0.5, 0.6) is 5.75 Å². The first kappa shape index (κ1) is 13.4. The van der Waals surface area contributed by atoms with E-state index in [4.69, 9.17) is 9.47 Å². The first-order valence-corrected chi connectivity index (χ1v) is 6.59. The number of rotatable bonds is 3. The van der Waals surface area contributed by atoms with Gasteiger partial charge in [-0.2, -0.15) is 0 Å². The van der Waals surface area contributed by atoms with Crippen LogP contribution in [-0.2, 0) is 10.3 Å². The molecule has 0 amide bonds. The Kier molecular flexibility index (Phi) is 3.93. The van der Waals surface area contributed by atoms with E-state index >= 15 is 0 Å². The molecule has 0 spiro atoms. The zero-order valence-corrected chi connectivity index (χ0v) is 11.3. The van der Waals surface area contributed by atoms with Crippen molar-refractivity contribution in [2.24, 2.45) is 0 Å². The standard InChI is InChI=1S/C15H22O3/c1-11(2)18-14-6-4-12(5-7-14)15(3)10-13(16)8-9-17-15/h4-7,11,13,16H,8-10H2,1-3H3. The Morgan fingerprint density at radius 3 is 2.56 bits per heavy atom. The van der Waals surface area contributed by atoms with Crippen LogP contribution in [0.3, 0.4) is 0 Å². The van der Waals surface area contributed by atoms with Crippen LogP contribution in [0, 0.1) is 0 Å². The Morgan fingerprint density at radius 2 is 2.00 bits per heavy atom. The average Bonchev–Trinajstić information content (AvgIpc) is 2.28. The van der Waals surface area contributed by atoms with Crippen molar-refractivity contribution in [1.82, 2.24) is 0 Å². The third kappa shape index (κ3) is 3.03. The van der Waals surface area contributed by atoms with Gasteiger partial charge in [-0.25, -0.2) is 0 Å². The molecule has 100 valence electrons. The number of aliphatic hydroxyl groups excluding tert-OH is 1. The van der Waals surface area contributed by atoms with Gasteiger partial charge in [-0.1, -0.05) is 12.1 Å². The highest BCUT2D eigenvalue weighted by Gasteiger charge is 2.34. The molecular weight excluding hydrogens is 228 g/mol. The number of aliphatic hydroxyl groups is 1. The molecule has 0 aliphatic carbocycles. The van der Waals surface area contributed by atoms with E-state index in [-0.39, 0.29) is 17.8 Å². The number of benzene rings is 1. The minimum Gasteiger partial charge on any atom is -0.491 e. The molecule has 1 aromatic rings.